The minimum absolute atomic E-state index is 0.000416. The predicted molar refractivity (Wildman–Crippen MR) is 75.7 cm³/mol. The van der Waals surface area contributed by atoms with Crippen LogP contribution in [0.1, 0.15) is 25.0 Å². The number of furan rings is 1. The van der Waals surface area contributed by atoms with E-state index < -0.39 is 10.0 Å². The molecule has 1 aromatic heterocycles. The molecule has 1 aliphatic carbocycles. The van der Waals surface area contributed by atoms with Crippen LogP contribution in [0.5, 0.6) is 0 Å². The molecule has 1 aliphatic rings. The molecule has 2 rings (SSSR count). The Bertz CT molecular complexity index is 538. The van der Waals surface area contributed by atoms with E-state index in [0.29, 0.717) is 25.5 Å². The Morgan fingerprint density at radius 1 is 1.50 bits per heavy atom. The molecule has 1 saturated carbocycles. The molecule has 8 heteroatoms. The highest BCUT2D eigenvalue weighted by Gasteiger charge is 2.22. The lowest BCUT2D eigenvalue weighted by Gasteiger charge is -2.05. The minimum atomic E-state index is -3.63. The van der Waals surface area contributed by atoms with Crippen LogP contribution < -0.4 is 4.72 Å². The van der Waals surface area contributed by atoms with Crippen molar-refractivity contribution in [3.05, 3.63) is 16.5 Å². The van der Waals surface area contributed by atoms with E-state index in [9.17, 15) is 8.42 Å². The van der Waals surface area contributed by atoms with Crippen LogP contribution >= 0.6 is 15.9 Å². The first-order chi connectivity index (χ1) is 9.53. The van der Waals surface area contributed by atoms with Gasteiger partial charge in [-0.2, -0.15) is 0 Å². The van der Waals surface area contributed by atoms with E-state index in [0.717, 1.165) is 6.61 Å². The highest BCUT2D eigenvalue weighted by molar-refractivity contribution is 9.10. The van der Waals surface area contributed by atoms with E-state index in [4.69, 9.17) is 14.3 Å². The number of rotatable bonds is 9. The Hall–Kier alpha value is -0.410. The van der Waals surface area contributed by atoms with Crippen LogP contribution in [-0.2, 0) is 21.4 Å². The first kappa shape index (κ1) is 16.0. The van der Waals surface area contributed by atoms with Crippen molar-refractivity contribution in [2.75, 3.05) is 19.8 Å². The molecule has 0 bridgehead atoms. The van der Waals surface area contributed by atoms with Crippen molar-refractivity contribution in [1.29, 1.82) is 0 Å². The second kappa shape index (κ2) is 7.04. The lowest BCUT2D eigenvalue weighted by Crippen LogP contribution is -2.25. The Morgan fingerprint density at radius 3 is 2.85 bits per heavy atom. The van der Waals surface area contributed by atoms with E-state index in [1.54, 1.807) is 0 Å². The summed E-state index contributed by atoms with van der Waals surface area (Å²) >= 11 is 3.03. The van der Waals surface area contributed by atoms with Crippen LogP contribution in [0.25, 0.3) is 0 Å². The molecule has 0 spiro atoms. The lowest BCUT2D eigenvalue weighted by molar-refractivity contribution is 0.123. The normalized spacial score (nSPS) is 15.7. The highest BCUT2D eigenvalue weighted by atomic mass is 79.9. The molecular formula is C12H18BrNO5S. The molecule has 20 heavy (non-hydrogen) atoms. The second-order valence-corrected chi connectivity index (χ2v) is 7.23. The smallest absolute Gasteiger partial charge is 0.244 e. The summed E-state index contributed by atoms with van der Waals surface area (Å²) in [5.74, 6) is 0.912. The minimum Gasteiger partial charge on any atom is -0.450 e. The second-order valence-electron chi connectivity index (χ2n) is 4.78. The van der Waals surface area contributed by atoms with Crippen molar-refractivity contribution in [3.8, 4) is 0 Å². The van der Waals surface area contributed by atoms with Crippen LogP contribution in [-0.4, -0.2) is 33.3 Å². The number of hydrogen-bond donors (Lipinski definition) is 2. The van der Waals surface area contributed by atoms with Gasteiger partial charge in [0.25, 0.3) is 0 Å². The van der Waals surface area contributed by atoms with Gasteiger partial charge in [-0.15, -0.1) is 0 Å². The Labute approximate surface area is 126 Å². The fraction of sp³-hybridized carbons (Fsp3) is 0.667. The lowest BCUT2D eigenvalue weighted by atomic mass is 10.4. The van der Waals surface area contributed by atoms with Gasteiger partial charge in [-0.3, -0.25) is 0 Å². The third-order valence-corrected chi connectivity index (χ3v) is 5.28. The molecule has 1 fully saturated rings. The third kappa shape index (κ3) is 4.56. The van der Waals surface area contributed by atoms with E-state index in [-0.39, 0.29) is 21.9 Å². The molecule has 6 nitrogen and oxygen atoms in total. The molecule has 2 N–H and O–H groups in total. The van der Waals surface area contributed by atoms with Gasteiger partial charge in [-0.05, 0) is 41.1 Å². The van der Waals surface area contributed by atoms with Crippen molar-refractivity contribution in [1.82, 2.24) is 4.72 Å². The van der Waals surface area contributed by atoms with Gasteiger partial charge in [0.05, 0.1) is 0 Å². The van der Waals surface area contributed by atoms with Gasteiger partial charge < -0.3 is 14.3 Å². The predicted octanol–water partition coefficient (Wildman–Crippen LogP) is 1.63. The Kier molecular flexibility index (Phi) is 5.62. The number of aliphatic hydroxyl groups is 1. The number of nitrogens with one attached hydrogen (secondary N) is 1. The molecule has 0 aromatic carbocycles. The summed E-state index contributed by atoms with van der Waals surface area (Å²) < 4.78 is 37.1. The van der Waals surface area contributed by atoms with Gasteiger partial charge in [0.2, 0.25) is 10.0 Å². The van der Waals surface area contributed by atoms with E-state index in [1.165, 1.54) is 18.9 Å². The first-order valence-corrected chi connectivity index (χ1v) is 8.77. The van der Waals surface area contributed by atoms with E-state index in [1.807, 2.05) is 0 Å². The number of aliphatic hydroxyl groups excluding tert-OH is 1. The van der Waals surface area contributed by atoms with Gasteiger partial charge >= 0.3 is 0 Å². The number of halogens is 1. The van der Waals surface area contributed by atoms with Crippen molar-refractivity contribution in [2.24, 2.45) is 5.92 Å². The summed E-state index contributed by atoms with van der Waals surface area (Å²) in [6.07, 6.45) is 3.11. The maximum absolute atomic E-state index is 12.0. The Balaban J connectivity index is 1.75. The molecule has 0 unspecified atom stereocenters. The molecule has 1 heterocycles. The standard InChI is InChI=1S/C12H18BrNO5S/c13-12-11(6-10(7-15)19-12)20(16,17)14-4-1-5-18-8-9-2-3-9/h6,9,14-15H,1-5,7-8H2. The maximum Gasteiger partial charge on any atom is 0.244 e. The molecule has 114 valence electrons. The monoisotopic (exact) mass is 367 g/mol. The SMILES string of the molecule is O=S(=O)(NCCCOCC1CC1)c1cc(CO)oc1Br. The molecular weight excluding hydrogens is 350 g/mol. The van der Waals surface area contributed by atoms with Crippen molar-refractivity contribution in [3.63, 3.8) is 0 Å². The number of hydrogen-bond acceptors (Lipinski definition) is 5. The van der Waals surface area contributed by atoms with Crippen LogP contribution in [0.3, 0.4) is 0 Å². The molecule has 0 atom stereocenters. The summed E-state index contributed by atoms with van der Waals surface area (Å²) in [5.41, 5.74) is 0. The maximum atomic E-state index is 12.0. The van der Waals surface area contributed by atoms with Gasteiger partial charge in [0, 0.05) is 25.8 Å². The average Bonchev–Trinajstić information content (AvgIpc) is 3.14. The number of sulfonamides is 1. The Morgan fingerprint density at radius 2 is 2.25 bits per heavy atom. The zero-order valence-electron chi connectivity index (χ0n) is 11.0. The van der Waals surface area contributed by atoms with Gasteiger partial charge in [0.1, 0.15) is 17.3 Å². The van der Waals surface area contributed by atoms with E-state index in [2.05, 4.69) is 20.7 Å². The quantitative estimate of drug-likeness (QED) is 0.647. The van der Waals surface area contributed by atoms with Gasteiger partial charge in [0.15, 0.2) is 4.67 Å². The molecule has 0 amide bonds. The van der Waals surface area contributed by atoms with Crippen molar-refractivity contribution >= 4 is 26.0 Å². The summed E-state index contributed by atoms with van der Waals surface area (Å²) in [7, 11) is -3.63. The highest BCUT2D eigenvalue weighted by Crippen LogP contribution is 2.28. The van der Waals surface area contributed by atoms with Crippen LogP contribution in [0.4, 0.5) is 0 Å². The summed E-state index contributed by atoms with van der Waals surface area (Å²) in [6.45, 7) is 1.29. The molecule has 0 radical (unpaired) electrons. The summed E-state index contributed by atoms with van der Waals surface area (Å²) in [5, 5.41) is 8.92. The molecule has 0 saturated heterocycles. The van der Waals surface area contributed by atoms with Gasteiger partial charge in [-0.25, -0.2) is 13.1 Å². The fourth-order valence-electron chi connectivity index (χ4n) is 1.65. The molecule has 0 aliphatic heterocycles. The zero-order valence-corrected chi connectivity index (χ0v) is 13.4. The number of ether oxygens (including phenoxy) is 1. The third-order valence-electron chi connectivity index (χ3n) is 2.96. The fourth-order valence-corrected chi connectivity index (χ4v) is 3.72. The van der Waals surface area contributed by atoms with Crippen LogP contribution in [0, 0.1) is 5.92 Å². The van der Waals surface area contributed by atoms with E-state index >= 15 is 0 Å². The van der Waals surface area contributed by atoms with Crippen molar-refractivity contribution in [2.45, 2.75) is 30.8 Å². The van der Waals surface area contributed by atoms with Crippen molar-refractivity contribution < 1.29 is 22.7 Å². The average molecular weight is 368 g/mol. The molecule has 1 aromatic rings. The zero-order chi connectivity index (χ0) is 14.6. The van der Waals surface area contributed by atoms with Gasteiger partial charge in [-0.1, -0.05) is 0 Å². The topological polar surface area (TPSA) is 88.8 Å². The first-order valence-electron chi connectivity index (χ1n) is 6.49. The summed E-state index contributed by atoms with van der Waals surface area (Å²) in [6, 6.07) is 1.30. The van der Waals surface area contributed by atoms with Crippen LogP contribution in [0.2, 0.25) is 0 Å². The largest absolute Gasteiger partial charge is 0.450 e. The van der Waals surface area contributed by atoms with Crippen LogP contribution in [0.15, 0.2) is 20.0 Å². The summed E-state index contributed by atoms with van der Waals surface area (Å²) in [4.78, 5) is 0.000416.